The van der Waals surface area contributed by atoms with Crippen LogP contribution in [0.1, 0.15) is 42.4 Å². The molecule has 1 saturated heterocycles. The first kappa shape index (κ1) is 13.0. The maximum absolute atomic E-state index is 4.69. The van der Waals surface area contributed by atoms with Gasteiger partial charge in [-0.2, -0.15) is 0 Å². The quantitative estimate of drug-likeness (QED) is 0.878. The van der Waals surface area contributed by atoms with Crippen LogP contribution in [0.3, 0.4) is 0 Å². The Morgan fingerprint density at radius 3 is 2.35 bits per heavy atom. The molecule has 2 rings (SSSR count). The van der Waals surface area contributed by atoms with E-state index in [-0.39, 0.29) is 0 Å². The van der Waals surface area contributed by atoms with Gasteiger partial charge in [0.15, 0.2) is 0 Å². The zero-order valence-electron chi connectivity index (χ0n) is 11.4. The second-order valence-electron chi connectivity index (χ2n) is 5.27. The molecule has 0 bridgehead atoms. The molecule has 0 amide bonds. The minimum absolute atomic E-state index is 0.437. The number of piperazine rings is 1. The molecule has 1 aliphatic heterocycles. The highest BCUT2D eigenvalue weighted by atomic mass is 32.1. The molecule has 1 aromatic rings. The van der Waals surface area contributed by atoms with Gasteiger partial charge < -0.3 is 5.32 Å². The fourth-order valence-corrected chi connectivity index (χ4v) is 3.70. The molecular weight excluding hydrogens is 230 g/mol. The van der Waals surface area contributed by atoms with Crippen molar-refractivity contribution in [1.29, 1.82) is 0 Å². The van der Waals surface area contributed by atoms with E-state index in [1.165, 1.54) is 15.6 Å². The average Bonchev–Trinajstić information content (AvgIpc) is 2.55. The van der Waals surface area contributed by atoms with Crippen molar-refractivity contribution >= 4 is 11.3 Å². The van der Waals surface area contributed by atoms with Gasteiger partial charge in [-0.1, -0.05) is 0 Å². The molecule has 3 unspecified atom stereocenters. The summed E-state index contributed by atoms with van der Waals surface area (Å²) in [6, 6.07) is 1.58. The van der Waals surface area contributed by atoms with Gasteiger partial charge in [0.25, 0.3) is 0 Å². The van der Waals surface area contributed by atoms with Gasteiger partial charge in [0.1, 0.15) is 0 Å². The predicted octanol–water partition coefficient (Wildman–Crippen LogP) is 2.50. The van der Waals surface area contributed by atoms with E-state index in [2.05, 4.69) is 44.8 Å². The van der Waals surface area contributed by atoms with Crippen LogP contribution in [0.15, 0.2) is 0 Å². The highest BCUT2D eigenvalue weighted by Crippen LogP contribution is 2.27. The van der Waals surface area contributed by atoms with Crippen molar-refractivity contribution in [3.8, 4) is 0 Å². The lowest BCUT2D eigenvalue weighted by atomic mass is 10.1. The lowest BCUT2D eigenvalue weighted by molar-refractivity contribution is 0.129. The van der Waals surface area contributed by atoms with Gasteiger partial charge in [0.2, 0.25) is 0 Å². The van der Waals surface area contributed by atoms with Crippen molar-refractivity contribution in [3.63, 3.8) is 0 Å². The number of hydrogen-bond acceptors (Lipinski definition) is 4. The monoisotopic (exact) mass is 253 g/mol. The van der Waals surface area contributed by atoms with Crippen LogP contribution in [-0.4, -0.2) is 35.1 Å². The minimum Gasteiger partial charge on any atom is -0.309 e. The molecule has 1 fully saturated rings. The number of hydrogen-bond donors (Lipinski definition) is 1. The van der Waals surface area contributed by atoms with Crippen molar-refractivity contribution in [1.82, 2.24) is 15.2 Å². The summed E-state index contributed by atoms with van der Waals surface area (Å²) in [5.41, 5.74) is 1.27. The first-order chi connectivity index (χ1) is 7.97. The summed E-state index contributed by atoms with van der Waals surface area (Å²) in [5, 5.41) is 4.76. The van der Waals surface area contributed by atoms with Crippen LogP contribution in [0, 0.1) is 13.8 Å². The Morgan fingerprint density at radius 2 is 1.88 bits per heavy atom. The molecule has 2 heterocycles. The molecule has 0 aromatic carbocycles. The summed E-state index contributed by atoms with van der Waals surface area (Å²) in [6.45, 7) is 13.3. The van der Waals surface area contributed by atoms with Gasteiger partial charge >= 0.3 is 0 Å². The predicted molar refractivity (Wildman–Crippen MR) is 73.6 cm³/mol. The van der Waals surface area contributed by atoms with Crippen molar-refractivity contribution in [2.75, 3.05) is 13.1 Å². The van der Waals surface area contributed by atoms with Gasteiger partial charge in [0, 0.05) is 30.1 Å². The maximum atomic E-state index is 4.69. The fraction of sp³-hybridized carbons (Fsp3) is 0.769. The lowest BCUT2D eigenvalue weighted by Crippen LogP contribution is -2.54. The van der Waals surface area contributed by atoms with Crippen molar-refractivity contribution in [3.05, 3.63) is 15.6 Å². The molecule has 4 heteroatoms. The van der Waals surface area contributed by atoms with E-state index < -0.39 is 0 Å². The Balaban J connectivity index is 2.14. The van der Waals surface area contributed by atoms with Crippen molar-refractivity contribution in [2.24, 2.45) is 0 Å². The van der Waals surface area contributed by atoms with Crippen LogP contribution in [0.4, 0.5) is 0 Å². The molecule has 3 nitrogen and oxygen atoms in total. The standard InChI is InChI=1S/C13H23N3S/c1-8-6-16(7-9(2)14-8)10(3)13-11(4)17-12(5)15-13/h8-10,14H,6-7H2,1-5H3. The zero-order chi connectivity index (χ0) is 12.6. The highest BCUT2D eigenvalue weighted by molar-refractivity contribution is 7.11. The van der Waals surface area contributed by atoms with E-state index in [0.717, 1.165) is 13.1 Å². The number of aromatic nitrogens is 1. The Labute approximate surface area is 108 Å². The SMILES string of the molecule is Cc1nc(C(C)N2CC(C)NC(C)C2)c(C)s1. The smallest absolute Gasteiger partial charge is 0.0900 e. The van der Waals surface area contributed by atoms with Gasteiger partial charge in [-0.05, 0) is 34.6 Å². The van der Waals surface area contributed by atoms with E-state index in [9.17, 15) is 0 Å². The van der Waals surface area contributed by atoms with Crippen LogP contribution in [0.5, 0.6) is 0 Å². The van der Waals surface area contributed by atoms with Crippen LogP contribution in [0.2, 0.25) is 0 Å². The molecule has 1 aromatic heterocycles. The Bertz CT molecular complexity index is 378. The van der Waals surface area contributed by atoms with Gasteiger partial charge in [-0.15, -0.1) is 11.3 Å². The molecule has 0 radical (unpaired) electrons. The topological polar surface area (TPSA) is 28.2 Å². The van der Waals surface area contributed by atoms with E-state index >= 15 is 0 Å². The molecule has 1 aliphatic rings. The van der Waals surface area contributed by atoms with Crippen LogP contribution in [0.25, 0.3) is 0 Å². The fourth-order valence-electron chi connectivity index (χ4n) is 2.79. The molecule has 0 aliphatic carbocycles. The third kappa shape index (κ3) is 2.87. The van der Waals surface area contributed by atoms with E-state index in [1.807, 2.05) is 11.3 Å². The first-order valence-electron chi connectivity index (χ1n) is 6.41. The van der Waals surface area contributed by atoms with Crippen molar-refractivity contribution < 1.29 is 0 Å². The van der Waals surface area contributed by atoms with Crippen molar-refractivity contribution in [2.45, 2.75) is 52.7 Å². The number of nitrogens with zero attached hydrogens (tertiary/aromatic N) is 2. The van der Waals surface area contributed by atoms with Crippen LogP contribution < -0.4 is 5.32 Å². The summed E-state index contributed by atoms with van der Waals surface area (Å²) in [6.07, 6.45) is 0. The summed E-state index contributed by atoms with van der Waals surface area (Å²) in [4.78, 5) is 8.61. The minimum atomic E-state index is 0.437. The molecule has 3 atom stereocenters. The largest absolute Gasteiger partial charge is 0.309 e. The Kier molecular flexibility index (Phi) is 3.85. The number of aryl methyl sites for hydroxylation is 2. The molecule has 0 saturated carbocycles. The van der Waals surface area contributed by atoms with Crippen LogP contribution in [-0.2, 0) is 0 Å². The normalized spacial score (nSPS) is 28.3. The molecule has 0 spiro atoms. The summed E-state index contributed by atoms with van der Waals surface area (Å²) >= 11 is 1.81. The third-order valence-corrected chi connectivity index (χ3v) is 4.37. The number of thiazole rings is 1. The second kappa shape index (κ2) is 5.04. The zero-order valence-corrected chi connectivity index (χ0v) is 12.3. The number of rotatable bonds is 2. The molecule has 1 N–H and O–H groups in total. The van der Waals surface area contributed by atoms with E-state index in [0.29, 0.717) is 18.1 Å². The van der Waals surface area contributed by atoms with Gasteiger partial charge in [-0.3, -0.25) is 4.90 Å². The number of nitrogens with one attached hydrogen (secondary N) is 1. The van der Waals surface area contributed by atoms with Gasteiger partial charge in [-0.25, -0.2) is 4.98 Å². The molecular formula is C13H23N3S. The lowest BCUT2D eigenvalue weighted by Gasteiger charge is -2.39. The van der Waals surface area contributed by atoms with E-state index in [4.69, 9.17) is 4.98 Å². The average molecular weight is 253 g/mol. The van der Waals surface area contributed by atoms with Gasteiger partial charge in [0.05, 0.1) is 16.7 Å². The third-order valence-electron chi connectivity index (χ3n) is 3.47. The first-order valence-corrected chi connectivity index (χ1v) is 7.23. The van der Waals surface area contributed by atoms with E-state index in [1.54, 1.807) is 0 Å². The van der Waals surface area contributed by atoms with Crippen LogP contribution >= 0.6 is 11.3 Å². The highest BCUT2D eigenvalue weighted by Gasteiger charge is 2.27. The summed E-state index contributed by atoms with van der Waals surface area (Å²) < 4.78 is 0. The Morgan fingerprint density at radius 1 is 1.29 bits per heavy atom. The molecule has 96 valence electrons. The maximum Gasteiger partial charge on any atom is 0.0900 e. The molecule has 17 heavy (non-hydrogen) atoms. The summed E-state index contributed by atoms with van der Waals surface area (Å²) in [7, 11) is 0. The Hall–Kier alpha value is -0.450. The summed E-state index contributed by atoms with van der Waals surface area (Å²) in [5.74, 6) is 0. The second-order valence-corrected chi connectivity index (χ2v) is 6.68.